The van der Waals surface area contributed by atoms with Crippen molar-refractivity contribution in [1.29, 1.82) is 0 Å². The van der Waals surface area contributed by atoms with Gasteiger partial charge < -0.3 is 0 Å². The van der Waals surface area contributed by atoms with E-state index in [1.807, 2.05) is 0 Å². The van der Waals surface area contributed by atoms with Gasteiger partial charge in [-0.1, -0.05) is 0 Å². The number of aliphatic imine (C=N–C) groups is 3. The quantitative estimate of drug-likeness (QED) is 0.176. The second-order valence-corrected chi connectivity index (χ2v) is 8.14. The van der Waals surface area contributed by atoms with Crippen molar-refractivity contribution in [1.82, 2.24) is 0 Å². The largest absolute Gasteiger partial charge is 0.293 e. The molecule has 0 radical (unpaired) electrons. The van der Waals surface area contributed by atoms with Crippen LogP contribution in [0.15, 0.2) is 69.6 Å². The molecule has 0 heterocycles. The van der Waals surface area contributed by atoms with Crippen LogP contribution in [0, 0.1) is 26.7 Å². The Balaban J connectivity index is 2.14. The number of ketones is 3. The summed E-state index contributed by atoms with van der Waals surface area (Å²) in [5, 5.41) is 0. The van der Waals surface area contributed by atoms with Crippen LogP contribution in [-0.4, -0.2) is 35.6 Å². The summed E-state index contributed by atoms with van der Waals surface area (Å²) in [5.74, 6) is -3.99. The van der Waals surface area contributed by atoms with Gasteiger partial charge in [0.05, 0.1) is 17.1 Å². The van der Waals surface area contributed by atoms with E-state index in [-0.39, 0.29) is 16.7 Å². The lowest BCUT2D eigenvalue weighted by molar-refractivity contribution is 0.0733. The van der Waals surface area contributed by atoms with Crippen molar-refractivity contribution in [2.24, 2.45) is 20.9 Å². The second-order valence-electron chi connectivity index (χ2n) is 8.14. The summed E-state index contributed by atoms with van der Waals surface area (Å²) in [7, 11) is 0. The minimum atomic E-state index is -1.74. The van der Waals surface area contributed by atoms with Crippen molar-refractivity contribution in [3.63, 3.8) is 0 Å². The van der Waals surface area contributed by atoms with Gasteiger partial charge in [0.25, 0.3) is 0 Å². The minimum absolute atomic E-state index is 0.0758. The second kappa shape index (κ2) is 11.5. The number of carbonyl (C=O) groups is 3. The van der Waals surface area contributed by atoms with Crippen molar-refractivity contribution < 1.29 is 28.8 Å². The van der Waals surface area contributed by atoms with Gasteiger partial charge in [0.1, 0.15) is 5.92 Å². The number of aryl methyl sites for hydroxylation is 3. The highest BCUT2D eigenvalue weighted by Crippen LogP contribution is 2.28. The van der Waals surface area contributed by atoms with Gasteiger partial charge >= 0.3 is 0 Å². The molecule has 3 rings (SSSR count). The molecule has 0 unspecified atom stereocenters. The van der Waals surface area contributed by atoms with Crippen LogP contribution in [-0.2, 0) is 14.4 Å². The molecule has 0 saturated heterocycles. The number of carbonyl (C=O) groups excluding carboxylic acids is 6. The molecule has 0 aromatic heterocycles. The minimum Gasteiger partial charge on any atom is -0.293 e. The molecule has 0 bridgehead atoms. The molecule has 37 heavy (non-hydrogen) atoms. The summed E-state index contributed by atoms with van der Waals surface area (Å²) in [6.45, 7) is 4.87. The molecule has 0 spiro atoms. The van der Waals surface area contributed by atoms with Gasteiger partial charge in [-0.2, -0.15) is 15.0 Å². The van der Waals surface area contributed by atoms with Crippen LogP contribution in [0.4, 0.5) is 17.1 Å². The Morgan fingerprint density at radius 2 is 0.811 bits per heavy atom. The van der Waals surface area contributed by atoms with Gasteiger partial charge in [-0.25, -0.2) is 14.4 Å². The van der Waals surface area contributed by atoms with Gasteiger partial charge in [-0.05, 0) is 92.1 Å². The molecule has 0 aliphatic rings. The third-order valence-corrected chi connectivity index (χ3v) is 5.73. The maximum absolute atomic E-state index is 13.6. The molecular weight excluding hydrogens is 474 g/mol. The number of benzene rings is 3. The first-order chi connectivity index (χ1) is 17.7. The Morgan fingerprint density at radius 3 is 1.03 bits per heavy atom. The molecule has 0 aliphatic heterocycles. The molecule has 9 heteroatoms. The lowest BCUT2D eigenvalue weighted by atomic mass is 9.83. The van der Waals surface area contributed by atoms with Gasteiger partial charge in [0.2, 0.25) is 18.2 Å². The first-order valence-electron chi connectivity index (χ1n) is 10.9. The highest BCUT2D eigenvalue weighted by molar-refractivity contribution is 6.31. The van der Waals surface area contributed by atoms with E-state index < -0.39 is 23.3 Å². The van der Waals surface area contributed by atoms with Crippen LogP contribution < -0.4 is 0 Å². The Hall–Kier alpha value is -5.19. The topological polar surface area (TPSA) is 140 Å². The summed E-state index contributed by atoms with van der Waals surface area (Å²) in [4.78, 5) is 83.4. The highest BCUT2D eigenvalue weighted by atomic mass is 16.2. The first-order valence-corrected chi connectivity index (χ1v) is 10.9. The highest BCUT2D eigenvalue weighted by Gasteiger charge is 2.36. The van der Waals surface area contributed by atoms with E-state index in [1.165, 1.54) is 72.8 Å². The van der Waals surface area contributed by atoms with E-state index in [0.717, 1.165) is 0 Å². The fourth-order valence-corrected chi connectivity index (χ4v) is 3.81. The zero-order valence-electron chi connectivity index (χ0n) is 20.1. The van der Waals surface area contributed by atoms with Crippen LogP contribution in [0.1, 0.15) is 47.8 Å². The Morgan fingerprint density at radius 1 is 0.541 bits per heavy atom. The van der Waals surface area contributed by atoms with Crippen LogP contribution in [0.25, 0.3) is 0 Å². The molecule has 0 saturated carbocycles. The van der Waals surface area contributed by atoms with Crippen molar-refractivity contribution in [3.05, 3.63) is 88.0 Å². The van der Waals surface area contributed by atoms with Gasteiger partial charge in [0.15, 0.2) is 17.3 Å². The molecule has 0 aliphatic carbocycles. The maximum atomic E-state index is 13.6. The SMILES string of the molecule is Cc1cc(C(=O)C(C(=O)c2ccc(N=C=O)c(C)c2)C(=O)c2ccc(N=C=O)c(C)c2)ccc1N=C=O. The van der Waals surface area contributed by atoms with Crippen LogP contribution in [0.3, 0.4) is 0 Å². The van der Waals surface area contributed by atoms with Crippen molar-refractivity contribution in [2.45, 2.75) is 20.8 Å². The molecule has 3 aromatic rings. The standard InChI is InChI=1S/C28H19N3O6/c1-16-10-19(4-7-22(16)29-13-32)26(35)25(27(36)20-5-8-23(30-14-33)17(2)11-20)28(37)21-6-9-24(31-15-34)18(3)12-21/h4-12,25H,1-3H3. The van der Waals surface area contributed by atoms with Crippen molar-refractivity contribution in [2.75, 3.05) is 0 Å². The summed E-state index contributed by atoms with van der Waals surface area (Å²) in [6, 6.07) is 12.7. The van der Waals surface area contributed by atoms with E-state index >= 15 is 0 Å². The molecule has 182 valence electrons. The van der Waals surface area contributed by atoms with Crippen LogP contribution in [0.5, 0.6) is 0 Å². The van der Waals surface area contributed by atoms with Crippen molar-refractivity contribution in [3.8, 4) is 0 Å². The molecule has 3 aromatic carbocycles. The zero-order valence-corrected chi connectivity index (χ0v) is 20.1. The first kappa shape index (κ1) is 26.4. The van der Waals surface area contributed by atoms with Crippen LogP contribution in [0.2, 0.25) is 0 Å². The molecule has 0 atom stereocenters. The lowest BCUT2D eigenvalue weighted by Crippen LogP contribution is -2.32. The predicted octanol–water partition coefficient (Wildman–Crippen LogP) is 5.08. The smallest absolute Gasteiger partial charge is 0.240 e. The predicted molar refractivity (Wildman–Crippen MR) is 133 cm³/mol. The van der Waals surface area contributed by atoms with E-state index in [1.54, 1.807) is 20.8 Å². The molecule has 0 N–H and O–H groups in total. The van der Waals surface area contributed by atoms with E-state index in [2.05, 4.69) is 15.0 Å². The van der Waals surface area contributed by atoms with E-state index in [4.69, 9.17) is 0 Å². The number of nitrogens with zero attached hydrogens (tertiary/aromatic N) is 3. The Kier molecular flexibility index (Phi) is 8.20. The number of hydrogen-bond donors (Lipinski definition) is 0. The third-order valence-electron chi connectivity index (χ3n) is 5.73. The number of rotatable bonds is 9. The average Bonchev–Trinajstić information content (AvgIpc) is 2.87. The third kappa shape index (κ3) is 5.73. The summed E-state index contributed by atoms with van der Waals surface area (Å²) >= 11 is 0. The van der Waals surface area contributed by atoms with Gasteiger partial charge in [-0.15, -0.1) is 0 Å². The van der Waals surface area contributed by atoms with E-state index in [9.17, 15) is 28.8 Å². The Labute approximate surface area is 211 Å². The summed E-state index contributed by atoms with van der Waals surface area (Å²) < 4.78 is 0. The lowest BCUT2D eigenvalue weighted by Gasteiger charge is -2.16. The summed E-state index contributed by atoms with van der Waals surface area (Å²) in [6.07, 6.45) is 4.30. The van der Waals surface area contributed by atoms with Crippen molar-refractivity contribution >= 4 is 52.7 Å². The fraction of sp³-hybridized carbons (Fsp3) is 0.143. The fourth-order valence-electron chi connectivity index (χ4n) is 3.81. The number of isocyanates is 3. The number of hydrogen-bond acceptors (Lipinski definition) is 9. The monoisotopic (exact) mass is 493 g/mol. The molecule has 0 amide bonds. The molecule has 0 fully saturated rings. The normalized spacial score (nSPS) is 10.8. The number of Topliss-reactive ketones (excluding diaryl/α,β-unsaturated/α-hetero) is 3. The van der Waals surface area contributed by atoms with E-state index in [0.29, 0.717) is 33.8 Å². The van der Waals surface area contributed by atoms with Crippen LogP contribution >= 0.6 is 0 Å². The van der Waals surface area contributed by atoms with Gasteiger partial charge in [0, 0.05) is 16.7 Å². The zero-order chi connectivity index (χ0) is 27.1. The molecule has 9 nitrogen and oxygen atoms in total. The Bertz CT molecular complexity index is 1400. The summed E-state index contributed by atoms with van der Waals surface area (Å²) in [5.41, 5.74) is 2.55. The molecular formula is C28H19N3O6. The maximum Gasteiger partial charge on any atom is 0.240 e. The van der Waals surface area contributed by atoms with Gasteiger partial charge in [-0.3, -0.25) is 14.4 Å². The average molecular weight is 493 g/mol.